The molecule has 0 aromatic carbocycles. The maximum Gasteiger partial charge on any atom is 0.266 e. The van der Waals surface area contributed by atoms with Crippen molar-refractivity contribution in [1.29, 1.82) is 0 Å². The number of methoxy groups -OCH3 is 1. The summed E-state index contributed by atoms with van der Waals surface area (Å²) < 4.78 is 6.45. The lowest BCUT2D eigenvalue weighted by Gasteiger charge is -2.36. The quantitative estimate of drug-likeness (QED) is 0.839. The van der Waals surface area contributed by atoms with Crippen molar-refractivity contribution in [2.24, 2.45) is 7.05 Å². The van der Waals surface area contributed by atoms with Crippen molar-refractivity contribution >= 4 is 22.3 Å². The highest BCUT2D eigenvalue weighted by molar-refractivity contribution is 7.15. The standard InChI is InChI=1S/C15H22N6O2S/c1-20-14(22)7-6-12(19-20)21-8-4-3-5-11(21)9-16-15-18-17-13(24-15)10-23-2/h6-7,11H,3-5,8-10H2,1-2H3,(H,16,18). The normalized spacial score (nSPS) is 17.9. The van der Waals surface area contributed by atoms with Crippen LogP contribution in [-0.2, 0) is 18.4 Å². The van der Waals surface area contributed by atoms with E-state index in [4.69, 9.17) is 4.74 Å². The number of hydrogen-bond donors (Lipinski definition) is 1. The van der Waals surface area contributed by atoms with Gasteiger partial charge in [-0.1, -0.05) is 11.3 Å². The third-order valence-corrected chi connectivity index (χ3v) is 4.95. The summed E-state index contributed by atoms with van der Waals surface area (Å²) >= 11 is 1.51. The van der Waals surface area contributed by atoms with Crippen LogP contribution in [0.4, 0.5) is 10.9 Å². The van der Waals surface area contributed by atoms with Crippen LogP contribution in [-0.4, -0.2) is 46.2 Å². The molecule has 130 valence electrons. The summed E-state index contributed by atoms with van der Waals surface area (Å²) in [4.78, 5) is 13.8. The zero-order chi connectivity index (χ0) is 16.9. The SMILES string of the molecule is COCc1nnc(NCC2CCCCN2c2ccc(=O)n(C)n2)s1. The Morgan fingerprint density at radius 1 is 1.38 bits per heavy atom. The van der Waals surface area contributed by atoms with Gasteiger partial charge in [-0.2, -0.15) is 5.10 Å². The van der Waals surface area contributed by atoms with E-state index in [9.17, 15) is 4.79 Å². The fourth-order valence-corrected chi connectivity index (χ4v) is 3.59. The number of aromatic nitrogens is 4. The number of hydrogen-bond acceptors (Lipinski definition) is 8. The monoisotopic (exact) mass is 350 g/mol. The van der Waals surface area contributed by atoms with E-state index in [2.05, 4.69) is 25.5 Å². The highest BCUT2D eigenvalue weighted by Gasteiger charge is 2.24. The first-order valence-corrected chi connectivity index (χ1v) is 8.85. The Morgan fingerprint density at radius 3 is 3.04 bits per heavy atom. The molecule has 1 aliphatic heterocycles. The average Bonchev–Trinajstić information content (AvgIpc) is 3.04. The molecular formula is C15H22N6O2S. The first-order valence-electron chi connectivity index (χ1n) is 8.03. The molecule has 24 heavy (non-hydrogen) atoms. The second kappa shape index (κ2) is 7.71. The third kappa shape index (κ3) is 3.90. The molecule has 1 N–H and O–H groups in total. The maximum absolute atomic E-state index is 11.5. The van der Waals surface area contributed by atoms with E-state index in [-0.39, 0.29) is 5.56 Å². The summed E-state index contributed by atoms with van der Waals surface area (Å²) in [5.74, 6) is 0.848. The molecule has 2 aromatic rings. The van der Waals surface area contributed by atoms with Crippen LogP contribution in [0.3, 0.4) is 0 Å². The number of piperidine rings is 1. The molecule has 3 heterocycles. The maximum atomic E-state index is 11.5. The van der Waals surface area contributed by atoms with E-state index in [0.717, 1.165) is 41.9 Å². The minimum Gasteiger partial charge on any atom is -0.377 e. The summed E-state index contributed by atoms with van der Waals surface area (Å²) in [5, 5.41) is 17.7. The molecule has 0 saturated carbocycles. The Balaban J connectivity index is 1.67. The van der Waals surface area contributed by atoms with Crippen molar-refractivity contribution < 1.29 is 4.74 Å². The summed E-state index contributed by atoms with van der Waals surface area (Å²) in [5.41, 5.74) is -0.0926. The van der Waals surface area contributed by atoms with Gasteiger partial charge in [0.15, 0.2) is 0 Å². The summed E-state index contributed by atoms with van der Waals surface area (Å²) in [7, 11) is 3.33. The van der Waals surface area contributed by atoms with E-state index < -0.39 is 0 Å². The average molecular weight is 350 g/mol. The second-order valence-corrected chi connectivity index (χ2v) is 6.87. The van der Waals surface area contributed by atoms with Gasteiger partial charge in [0, 0.05) is 39.4 Å². The fourth-order valence-electron chi connectivity index (χ4n) is 2.87. The number of ether oxygens (including phenoxy) is 1. The van der Waals surface area contributed by atoms with Gasteiger partial charge in [0.25, 0.3) is 5.56 Å². The Bertz CT molecular complexity index is 731. The van der Waals surface area contributed by atoms with Gasteiger partial charge in [0.2, 0.25) is 5.13 Å². The van der Waals surface area contributed by atoms with Crippen molar-refractivity contribution in [2.75, 3.05) is 30.4 Å². The molecule has 8 nitrogen and oxygen atoms in total. The van der Waals surface area contributed by atoms with Crippen LogP contribution in [0.1, 0.15) is 24.3 Å². The predicted octanol–water partition coefficient (Wildman–Crippen LogP) is 1.25. The molecular weight excluding hydrogens is 328 g/mol. The van der Waals surface area contributed by atoms with E-state index in [1.54, 1.807) is 20.2 Å². The van der Waals surface area contributed by atoms with Crippen molar-refractivity contribution in [1.82, 2.24) is 20.0 Å². The summed E-state index contributed by atoms with van der Waals surface area (Å²) in [6, 6.07) is 3.70. The van der Waals surface area contributed by atoms with Gasteiger partial charge in [-0.3, -0.25) is 4.79 Å². The van der Waals surface area contributed by atoms with Crippen LogP contribution in [0, 0.1) is 0 Å². The fraction of sp³-hybridized carbons (Fsp3) is 0.600. The smallest absolute Gasteiger partial charge is 0.266 e. The molecule has 0 amide bonds. The van der Waals surface area contributed by atoms with Gasteiger partial charge in [-0.25, -0.2) is 4.68 Å². The minimum atomic E-state index is -0.0926. The molecule has 1 aliphatic rings. The van der Waals surface area contributed by atoms with Crippen molar-refractivity contribution in [3.8, 4) is 0 Å². The van der Waals surface area contributed by atoms with E-state index in [1.807, 2.05) is 6.07 Å². The number of rotatable bonds is 6. The second-order valence-electron chi connectivity index (χ2n) is 5.81. The molecule has 0 spiro atoms. The van der Waals surface area contributed by atoms with Crippen molar-refractivity contribution in [3.05, 3.63) is 27.5 Å². The molecule has 3 rings (SSSR count). The predicted molar refractivity (Wildman–Crippen MR) is 93.6 cm³/mol. The first-order chi connectivity index (χ1) is 11.7. The van der Waals surface area contributed by atoms with Crippen molar-refractivity contribution in [2.45, 2.75) is 31.9 Å². The topological polar surface area (TPSA) is 85.2 Å². The van der Waals surface area contributed by atoms with Crippen molar-refractivity contribution in [3.63, 3.8) is 0 Å². The van der Waals surface area contributed by atoms with Gasteiger partial charge < -0.3 is 15.0 Å². The van der Waals surface area contributed by atoms with Gasteiger partial charge >= 0.3 is 0 Å². The largest absolute Gasteiger partial charge is 0.377 e. The number of nitrogens with zero attached hydrogens (tertiary/aromatic N) is 5. The minimum absolute atomic E-state index is 0.0926. The van der Waals surface area contributed by atoms with Crippen LogP contribution in [0.5, 0.6) is 0 Å². The molecule has 9 heteroatoms. The van der Waals surface area contributed by atoms with E-state index in [1.165, 1.54) is 22.4 Å². The lowest BCUT2D eigenvalue weighted by atomic mass is 10.0. The molecule has 1 unspecified atom stereocenters. The number of nitrogens with one attached hydrogen (secondary N) is 1. The number of aryl methyl sites for hydroxylation is 1. The molecule has 2 aromatic heterocycles. The van der Waals surface area contributed by atoms with E-state index >= 15 is 0 Å². The van der Waals surface area contributed by atoms with Crippen LogP contribution < -0.4 is 15.8 Å². The first kappa shape index (κ1) is 16.8. The van der Waals surface area contributed by atoms with Crippen LogP contribution in [0.15, 0.2) is 16.9 Å². The van der Waals surface area contributed by atoms with Gasteiger partial charge in [0.05, 0.1) is 0 Å². The molecule has 0 aliphatic carbocycles. The van der Waals surface area contributed by atoms with Crippen LogP contribution in [0.2, 0.25) is 0 Å². The highest BCUT2D eigenvalue weighted by atomic mass is 32.1. The van der Waals surface area contributed by atoms with Gasteiger partial charge in [0.1, 0.15) is 17.4 Å². The zero-order valence-corrected chi connectivity index (χ0v) is 14.8. The van der Waals surface area contributed by atoms with Gasteiger partial charge in [-0.05, 0) is 25.3 Å². The molecule has 0 bridgehead atoms. The van der Waals surface area contributed by atoms with Crippen LogP contribution in [0.25, 0.3) is 0 Å². The Hall–Kier alpha value is -2.00. The zero-order valence-electron chi connectivity index (χ0n) is 13.9. The van der Waals surface area contributed by atoms with Crippen LogP contribution >= 0.6 is 11.3 Å². The van der Waals surface area contributed by atoms with Gasteiger partial charge in [-0.15, -0.1) is 10.2 Å². The molecule has 0 radical (unpaired) electrons. The lowest BCUT2D eigenvalue weighted by molar-refractivity contribution is 0.184. The molecule has 1 saturated heterocycles. The summed E-state index contributed by atoms with van der Waals surface area (Å²) in [6.07, 6.45) is 3.42. The Kier molecular flexibility index (Phi) is 5.41. The highest BCUT2D eigenvalue weighted by Crippen LogP contribution is 2.23. The summed E-state index contributed by atoms with van der Waals surface area (Å²) in [6.45, 7) is 2.20. The molecule has 1 atom stereocenters. The lowest BCUT2D eigenvalue weighted by Crippen LogP contribution is -2.44. The Labute approximate surface area is 144 Å². The Morgan fingerprint density at radius 2 is 2.25 bits per heavy atom. The molecule has 1 fully saturated rings. The van der Waals surface area contributed by atoms with E-state index in [0.29, 0.717) is 12.6 Å². The third-order valence-electron chi connectivity index (χ3n) is 4.09. The number of anilines is 2.